The zero-order chi connectivity index (χ0) is 17.6. The van der Waals surface area contributed by atoms with Crippen LogP contribution >= 0.6 is 0 Å². The number of aromatic hydroxyl groups is 1. The SMILES string of the molecule is COc1cc2c(cc1O)C[NH+]1CCc3cc(OC)c(OC)cc3C1C2. The largest absolute Gasteiger partial charge is 0.504 e. The number of benzene rings is 2. The number of methoxy groups -OCH3 is 3. The van der Waals surface area contributed by atoms with Gasteiger partial charge in [0.2, 0.25) is 0 Å². The Morgan fingerprint density at radius 1 is 0.880 bits per heavy atom. The van der Waals surface area contributed by atoms with Crippen molar-refractivity contribution in [2.24, 2.45) is 0 Å². The van der Waals surface area contributed by atoms with Crippen LogP contribution in [-0.4, -0.2) is 33.0 Å². The van der Waals surface area contributed by atoms with E-state index in [9.17, 15) is 5.11 Å². The van der Waals surface area contributed by atoms with Crippen molar-refractivity contribution in [2.45, 2.75) is 25.4 Å². The molecule has 0 aromatic heterocycles. The van der Waals surface area contributed by atoms with Gasteiger partial charge in [-0.3, -0.25) is 0 Å². The fourth-order valence-corrected chi connectivity index (χ4v) is 4.27. The third-order valence-electron chi connectivity index (χ3n) is 5.57. The minimum absolute atomic E-state index is 0.225. The molecule has 0 saturated carbocycles. The van der Waals surface area contributed by atoms with Crippen LogP contribution in [0, 0.1) is 0 Å². The van der Waals surface area contributed by atoms with Crippen molar-refractivity contribution in [2.75, 3.05) is 27.9 Å². The second-order valence-corrected chi connectivity index (χ2v) is 6.79. The molecule has 4 rings (SSSR count). The lowest BCUT2D eigenvalue weighted by Crippen LogP contribution is -3.13. The molecule has 2 heterocycles. The van der Waals surface area contributed by atoms with Crippen molar-refractivity contribution >= 4 is 0 Å². The van der Waals surface area contributed by atoms with E-state index in [1.807, 2.05) is 12.1 Å². The summed E-state index contributed by atoms with van der Waals surface area (Å²) in [5.41, 5.74) is 5.16. The summed E-state index contributed by atoms with van der Waals surface area (Å²) < 4.78 is 16.3. The van der Waals surface area contributed by atoms with Crippen LogP contribution in [0.5, 0.6) is 23.0 Å². The summed E-state index contributed by atoms with van der Waals surface area (Å²) in [4.78, 5) is 1.54. The van der Waals surface area contributed by atoms with Gasteiger partial charge in [0, 0.05) is 24.0 Å². The molecule has 0 bridgehead atoms. The highest BCUT2D eigenvalue weighted by Gasteiger charge is 2.37. The Balaban J connectivity index is 1.76. The quantitative estimate of drug-likeness (QED) is 0.891. The highest BCUT2D eigenvalue weighted by atomic mass is 16.5. The van der Waals surface area contributed by atoms with E-state index in [0.717, 1.165) is 37.4 Å². The third-order valence-corrected chi connectivity index (χ3v) is 5.57. The molecule has 0 radical (unpaired) electrons. The highest BCUT2D eigenvalue weighted by molar-refractivity contribution is 5.51. The number of nitrogens with one attached hydrogen (secondary N) is 1. The minimum Gasteiger partial charge on any atom is -0.504 e. The number of rotatable bonds is 3. The van der Waals surface area contributed by atoms with Gasteiger partial charge in [-0.25, -0.2) is 0 Å². The van der Waals surface area contributed by atoms with Gasteiger partial charge in [-0.2, -0.15) is 0 Å². The van der Waals surface area contributed by atoms with Gasteiger partial charge in [0.1, 0.15) is 12.6 Å². The molecular formula is C20H24NO4+. The molecule has 2 atom stereocenters. The van der Waals surface area contributed by atoms with Gasteiger partial charge in [0.05, 0.1) is 27.9 Å². The molecule has 2 aliphatic heterocycles. The molecule has 0 saturated heterocycles. The van der Waals surface area contributed by atoms with Crippen LogP contribution in [0.4, 0.5) is 0 Å². The number of phenolic OH excluding ortho intramolecular Hbond substituents is 1. The van der Waals surface area contributed by atoms with Crippen molar-refractivity contribution in [1.29, 1.82) is 0 Å². The fourth-order valence-electron chi connectivity index (χ4n) is 4.27. The Kier molecular flexibility index (Phi) is 3.96. The summed E-state index contributed by atoms with van der Waals surface area (Å²) in [5.74, 6) is 2.36. The topological polar surface area (TPSA) is 52.4 Å². The summed E-state index contributed by atoms with van der Waals surface area (Å²) in [6.07, 6.45) is 1.96. The number of fused-ring (bicyclic) bond motifs is 4. The van der Waals surface area contributed by atoms with Crippen LogP contribution in [0.15, 0.2) is 24.3 Å². The van der Waals surface area contributed by atoms with Crippen LogP contribution in [0.2, 0.25) is 0 Å². The average molecular weight is 342 g/mol. The lowest BCUT2D eigenvalue weighted by molar-refractivity contribution is -0.949. The smallest absolute Gasteiger partial charge is 0.161 e. The van der Waals surface area contributed by atoms with E-state index < -0.39 is 0 Å². The van der Waals surface area contributed by atoms with Gasteiger partial charge in [-0.1, -0.05) is 0 Å². The Morgan fingerprint density at radius 2 is 1.56 bits per heavy atom. The normalized spacial score (nSPS) is 20.9. The number of ether oxygens (including phenoxy) is 3. The van der Waals surface area contributed by atoms with Crippen LogP contribution in [0.25, 0.3) is 0 Å². The van der Waals surface area contributed by atoms with E-state index in [2.05, 4.69) is 12.1 Å². The zero-order valence-electron chi connectivity index (χ0n) is 14.9. The zero-order valence-corrected chi connectivity index (χ0v) is 14.9. The Labute approximate surface area is 147 Å². The number of phenols is 1. The first-order valence-electron chi connectivity index (χ1n) is 8.62. The van der Waals surface area contributed by atoms with Crippen molar-refractivity contribution in [3.05, 3.63) is 46.5 Å². The number of hydrogen-bond donors (Lipinski definition) is 2. The van der Waals surface area contributed by atoms with E-state index in [1.165, 1.54) is 27.2 Å². The molecule has 2 aromatic rings. The third kappa shape index (κ3) is 2.59. The second kappa shape index (κ2) is 6.15. The van der Waals surface area contributed by atoms with Crippen LogP contribution in [-0.2, 0) is 19.4 Å². The minimum atomic E-state index is 0.225. The molecule has 2 aliphatic rings. The maximum Gasteiger partial charge on any atom is 0.161 e. The standard InChI is InChI=1S/C20H23NO4/c1-23-18-9-13-6-16-15-10-20(25-3)19(24-2)8-12(15)4-5-21(16)11-14(13)7-17(18)22/h7-10,16,22H,4-6,11H2,1-3H3/p+1. The predicted octanol–water partition coefficient (Wildman–Crippen LogP) is 1.66. The van der Waals surface area contributed by atoms with Gasteiger partial charge in [0.25, 0.3) is 0 Å². The van der Waals surface area contributed by atoms with Gasteiger partial charge < -0.3 is 24.2 Å². The van der Waals surface area contributed by atoms with Gasteiger partial charge in [0.15, 0.2) is 23.0 Å². The molecule has 0 spiro atoms. The molecule has 0 fully saturated rings. The van der Waals surface area contributed by atoms with E-state index in [4.69, 9.17) is 14.2 Å². The lowest BCUT2D eigenvalue weighted by atomic mass is 9.83. The van der Waals surface area contributed by atoms with Crippen molar-refractivity contribution < 1.29 is 24.2 Å². The first kappa shape index (κ1) is 16.1. The van der Waals surface area contributed by atoms with Crippen molar-refractivity contribution in [3.8, 4) is 23.0 Å². The summed E-state index contributed by atoms with van der Waals surface area (Å²) in [5, 5.41) is 10.1. The number of hydrogen-bond acceptors (Lipinski definition) is 4. The summed E-state index contributed by atoms with van der Waals surface area (Å²) >= 11 is 0. The highest BCUT2D eigenvalue weighted by Crippen LogP contribution is 2.38. The van der Waals surface area contributed by atoms with E-state index in [-0.39, 0.29) is 5.75 Å². The summed E-state index contributed by atoms with van der Waals surface area (Å²) in [7, 11) is 4.95. The van der Waals surface area contributed by atoms with Gasteiger partial charge >= 0.3 is 0 Å². The van der Waals surface area contributed by atoms with Crippen molar-refractivity contribution in [1.82, 2.24) is 0 Å². The Morgan fingerprint density at radius 3 is 2.28 bits per heavy atom. The second-order valence-electron chi connectivity index (χ2n) is 6.79. The Hall–Kier alpha value is -2.40. The van der Waals surface area contributed by atoms with Crippen molar-refractivity contribution in [3.63, 3.8) is 0 Å². The fraction of sp³-hybridized carbons (Fsp3) is 0.400. The average Bonchev–Trinajstić information content (AvgIpc) is 2.64. The lowest BCUT2D eigenvalue weighted by Gasteiger charge is -2.38. The molecule has 2 unspecified atom stereocenters. The molecule has 2 N–H and O–H groups in total. The van der Waals surface area contributed by atoms with Gasteiger partial charge in [-0.05, 0) is 35.4 Å². The first-order chi connectivity index (χ1) is 12.1. The predicted molar refractivity (Wildman–Crippen MR) is 93.9 cm³/mol. The van der Waals surface area contributed by atoms with Crippen LogP contribution in [0.1, 0.15) is 28.3 Å². The van der Waals surface area contributed by atoms with Crippen LogP contribution < -0.4 is 19.1 Å². The molecular weight excluding hydrogens is 318 g/mol. The molecule has 0 aliphatic carbocycles. The number of quaternary nitrogens is 1. The first-order valence-corrected chi connectivity index (χ1v) is 8.62. The molecule has 25 heavy (non-hydrogen) atoms. The van der Waals surface area contributed by atoms with Gasteiger partial charge in [-0.15, -0.1) is 0 Å². The maximum atomic E-state index is 10.1. The van der Waals surface area contributed by atoms with E-state index >= 15 is 0 Å². The van der Waals surface area contributed by atoms with E-state index in [0.29, 0.717) is 11.8 Å². The summed E-state index contributed by atoms with van der Waals surface area (Å²) in [6.45, 7) is 2.00. The maximum absolute atomic E-state index is 10.1. The molecule has 132 valence electrons. The molecule has 5 nitrogen and oxygen atoms in total. The van der Waals surface area contributed by atoms with E-state index in [1.54, 1.807) is 21.3 Å². The molecule has 0 amide bonds. The van der Waals surface area contributed by atoms with Crippen LogP contribution in [0.3, 0.4) is 0 Å². The molecule has 2 aromatic carbocycles. The monoisotopic (exact) mass is 342 g/mol. The molecule has 5 heteroatoms. The summed E-state index contributed by atoms with van der Waals surface area (Å²) in [6, 6.07) is 8.50. The Bertz CT molecular complexity index is 818.